The molecule has 2 heterocycles. The van der Waals surface area contributed by atoms with Crippen LogP contribution in [0.5, 0.6) is 5.75 Å². The molecule has 0 radical (unpaired) electrons. The molecule has 1 amide bonds. The minimum absolute atomic E-state index is 0.0341. The number of carbonyl (C=O) groups excluding carboxylic acids is 1. The van der Waals surface area contributed by atoms with E-state index in [-0.39, 0.29) is 55.1 Å². The van der Waals surface area contributed by atoms with E-state index in [1.807, 2.05) is 0 Å². The van der Waals surface area contributed by atoms with Gasteiger partial charge in [0.25, 0.3) is 5.91 Å². The van der Waals surface area contributed by atoms with Crippen LogP contribution in [0.4, 0.5) is 4.39 Å². The molecule has 26 heavy (non-hydrogen) atoms. The standard InChI is InChI=1S/C17H19FN2O5S/c1-2-24-16-12-13(5-6-14(16)18)26(22,23)20-9-7-19(8-10-20)17(21)15-4-3-11-25-15/h3-6,11-12H,2,7-10H2,1H3. The molecule has 0 aliphatic carbocycles. The lowest BCUT2D eigenvalue weighted by molar-refractivity contribution is 0.0666. The third-order valence-electron chi connectivity index (χ3n) is 4.10. The first kappa shape index (κ1) is 18.4. The second kappa shape index (κ2) is 7.46. The predicted octanol–water partition coefficient (Wildman–Crippen LogP) is 1.96. The Kier molecular flexibility index (Phi) is 5.28. The van der Waals surface area contributed by atoms with E-state index >= 15 is 0 Å². The largest absolute Gasteiger partial charge is 0.491 e. The van der Waals surface area contributed by atoms with Gasteiger partial charge in [-0.2, -0.15) is 4.31 Å². The zero-order chi connectivity index (χ0) is 18.7. The molecule has 0 N–H and O–H groups in total. The molecule has 0 bridgehead atoms. The molecule has 1 aliphatic rings. The Balaban J connectivity index is 1.72. The Bertz CT molecular complexity index is 875. The van der Waals surface area contributed by atoms with E-state index in [0.29, 0.717) is 0 Å². The van der Waals surface area contributed by atoms with E-state index in [0.717, 1.165) is 6.07 Å². The average Bonchev–Trinajstić information content (AvgIpc) is 3.18. The van der Waals surface area contributed by atoms with E-state index in [9.17, 15) is 17.6 Å². The minimum atomic E-state index is -3.80. The molecule has 7 nitrogen and oxygen atoms in total. The molecule has 1 aliphatic heterocycles. The second-order valence-corrected chi connectivity index (χ2v) is 7.64. The number of hydrogen-bond acceptors (Lipinski definition) is 5. The molecule has 1 saturated heterocycles. The lowest BCUT2D eigenvalue weighted by Gasteiger charge is -2.33. The summed E-state index contributed by atoms with van der Waals surface area (Å²) in [5.74, 6) is -0.756. The Morgan fingerprint density at radius 1 is 1.23 bits per heavy atom. The van der Waals surface area contributed by atoms with Crippen molar-refractivity contribution in [1.82, 2.24) is 9.21 Å². The number of rotatable bonds is 5. The van der Waals surface area contributed by atoms with Gasteiger partial charge in [0.2, 0.25) is 10.0 Å². The van der Waals surface area contributed by atoms with Crippen molar-refractivity contribution in [1.29, 1.82) is 0 Å². The first-order valence-corrected chi connectivity index (χ1v) is 9.62. The van der Waals surface area contributed by atoms with Crippen LogP contribution in [-0.4, -0.2) is 56.3 Å². The summed E-state index contributed by atoms with van der Waals surface area (Å²) >= 11 is 0. The van der Waals surface area contributed by atoms with Gasteiger partial charge in [-0.3, -0.25) is 4.79 Å². The van der Waals surface area contributed by atoms with Crippen LogP contribution in [0.2, 0.25) is 0 Å². The number of halogens is 1. The van der Waals surface area contributed by atoms with E-state index in [4.69, 9.17) is 9.15 Å². The minimum Gasteiger partial charge on any atom is -0.491 e. The van der Waals surface area contributed by atoms with Gasteiger partial charge in [0, 0.05) is 32.2 Å². The topological polar surface area (TPSA) is 80.1 Å². The van der Waals surface area contributed by atoms with Crippen LogP contribution in [0.15, 0.2) is 45.9 Å². The Hall–Kier alpha value is -2.39. The van der Waals surface area contributed by atoms with Crippen LogP contribution >= 0.6 is 0 Å². The van der Waals surface area contributed by atoms with Gasteiger partial charge >= 0.3 is 0 Å². The monoisotopic (exact) mass is 382 g/mol. The number of hydrogen-bond donors (Lipinski definition) is 0. The number of carbonyl (C=O) groups is 1. The summed E-state index contributed by atoms with van der Waals surface area (Å²) in [6, 6.07) is 6.67. The third kappa shape index (κ3) is 3.58. The molecule has 0 atom stereocenters. The maximum absolute atomic E-state index is 13.7. The number of piperazine rings is 1. The van der Waals surface area contributed by atoms with Crippen LogP contribution < -0.4 is 4.74 Å². The lowest BCUT2D eigenvalue weighted by Crippen LogP contribution is -2.50. The highest BCUT2D eigenvalue weighted by atomic mass is 32.2. The predicted molar refractivity (Wildman–Crippen MR) is 90.9 cm³/mol. The van der Waals surface area contributed by atoms with Gasteiger partial charge in [0.15, 0.2) is 17.3 Å². The van der Waals surface area contributed by atoms with Crippen molar-refractivity contribution in [2.75, 3.05) is 32.8 Å². The molecular weight excluding hydrogens is 363 g/mol. The Morgan fingerprint density at radius 3 is 2.58 bits per heavy atom. The molecule has 2 aromatic rings. The van der Waals surface area contributed by atoms with Crippen LogP contribution in [0.1, 0.15) is 17.5 Å². The quantitative estimate of drug-likeness (QED) is 0.790. The maximum Gasteiger partial charge on any atom is 0.289 e. The molecule has 1 aromatic heterocycles. The summed E-state index contributed by atoms with van der Waals surface area (Å²) in [5, 5.41) is 0. The summed E-state index contributed by atoms with van der Waals surface area (Å²) < 4.78 is 50.7. The SMILES string of the molecule is CCOc1cc(S(=O)(=O)N2CCN(C(=O)c3ccco3)CC2)ccc1F. The van der Waals surface area contributed by atoms with E-state index in [1.165, 1.54) is 22.7 Å². The second-order valence-electron chi connectivity index (χ2n) is 5.70. The van der Waals surface area contributed by atoms with Gasteiger partial charge in [0.05, 0.1) is 17.8 Å². The zero-order valence-electron chi connectivity index (χ0n) is 14.2. The highest BCUT2D eigenvalue weighted by Gasteiger charge is 2.31. The van der Waals surface area contributed by atoms with Gasteiger partial charge in [-0.25, -0.2) is 12.8 Å². The number of ether oxygens (including phenoxy) is 1. The molecule has 1 aromatic carbocycles. The summed E-state index contributed by atoms with van der Waals surface area (Å²) in [5.41, 5.74) is 0. The number of sulfonamides is 1. The normalized spacial score (nSPS) is 15.8. The number of benzene rings is 1. The van der Waals surface area contributed by atoms with Gasteiger partial charge < -0.3 is 14.1 Å². The van der Waals surface area contributed by atoms with E-state index in [1.54, 1.807) is 24.0 Å². The number of furan rings is 1. The average molecular weight is 382 g/mol. The van der Waals surface area contributed by atoms with Crippen LogP contribution in [-0.2, 0) is 10.0 Å². The molecule has 140 valence electrons. The fraction of sp³-hybridized carbons (Fsp3) is 0.353. The van der Waals surface area contributed by atoms with Gasteiger partial charge in [-0.1, -0.05) is 0 Å². The Morgan fingerprint density at radius 2 is 1.96 bits per heavy atom. The fourth-order valence-electron chi connectivity index (χ4n) is 2.75. The molecule has 9 heteroatoms. The molecular formula is C17H19FN2O5S. The molecule has 0 saturated carbocycles. The maximum atomic E-state index is 13.7. The van der Waals surface area contributed by atoms with E-state index in [2.05, 4.69) is 0 Å². The molecule has 0 spiro atoms. The summed E-state index contributed by atoms with van der Waals surface area (Å²) in [6.45, 7) is 2.71. The first-order chi connectivity index (χ1) is 12.4. The van der Waals surface area contributed by atoms with E-state index < -0.39 is 15.8 Å². The highest BCUT2D eigenvalue weighted by molar-refractivity contribution is 7.89. The first-order valence-electron chi connectivity index (χ1n) is 8.18. The highest BCUT2D eigenvalue weighted by Crippen LogP contribution is 2.25. The van der Waals surface area contributed by atoms with Gasteiger partial charge in [-0.15, -0.1) is 0 Å². The summed E-state index contributed by atoms with van der Waals surface area (Å²) in [7, 11) is -3.80. The number of nitrogens with zero attached hydrogens (tertiary/aromatic N) is 2. The van der Waals surface area contributed by atoms with Gasteiger partial charge in [0.1, 0.15) is 0 Å². The molecule has 3 rings (SSSR count). The van der Waals surface area contributed by atoms with Crippen molar-refractivity contribution in [3.8, 4) is 5.75 Å². The lowest BCUT2D eigenvalue weighted by atomic mass is 10.3. The Labute approximate surface area is 151 Å². The van der Waals surface area contributed by atoms with Crippen molar-refractivity contribution in [3.63, 3.8) is 0 Å². The van der Waals surface area contributed by atoms with Crippen LogP contribution in [0.3, 0.4) is 0 Å². The van der Waals surface area contributed by atoms with Crippen molar-refractivity contribution in [2.24, 2.45) is 0 Å². The smallest absolute Gasteiger partial charge is 0.289 e. The van der Waals surface area contributed by atoms with Crippen molar-refractivity contribution < 1.29 is 26.8 Å². The zero-order valence-corrected chi connectivity index (χ0v) is 15.0. The van der Waals surface area contributed by atoms with Crippen molar-refractivity contribution in [2.45, 2.75) is 11.8 Å². The molecule has 0 unspecified atom stereocenters. The fourth-order valence-corrected chi connectivity index (χ4v) is 4.19. The van der Waals surface area contributed by atoms with Crippen molar-refractivity contribution in [3.05, 3.63) is 48.2 Å². The summed E-state index contributed by atoms with van der Waals surface area (Å²) in [6.07, 6.45) is 1.42. The van der Waals surface area contributed by atoms with Crippen molar-refractivity contribution >= 4 is 15.9 Å². The van der Waals surface area contributed by atoms with Gasteiger partial charge in [-0.05, 0) is 31.2 Å². The number of amides is 1. The third-order valence-corrected chi connectivity index (χ3v) is 5.99. The van der Waals surface area contributed by atoms with Crippen LogP contribution in [0.25, 0.3) is 0 Å². The van der Waals surface area contributed by atoms with Crippen LogP contribution in [0, 0.1) is 5.82 Å². The molecule has 1 fully saturated rings. The summed E-state index contributed by atoms with van der Waals surface area (Å²) in [4.78, 5) is 13.8.